The summed E-state index contributed by atoms with van der Waals surface area (Å²) in [5.41, 5.74) is 2.57. The zero-order chi connectivity index (χ0) is 28.2. The number of piperidine rings is 2. The zero-order valence-electron chi connectivity index (χ0n) is 25.5. The van der Waals surface area contributed by atoms with Gasteiger partial charge in [0.1, 0.15) is 13.2 Å². The lowest BCUT2D eigenvalue weighted by Gasteiger charge is -2.26. The van der Waals surface area contributed by atoms with Crippen LogP contribution in [0.25, 0.3) is 0 Å². The van der Waals surface area contributed by atoms with E-state index >= 15 is 0 Å². The summed E-state index contributed by atoms with van der Waals surface area (Å²) in [6.45, 7) is 12.8. The molecule has 2 saturated heterocycles. The van der Waals surface area contributed by atoms with E-state index in [2.05, 4.69) is 60.0 Å². The van der Waals surface area contributed by atoms with Gasteiger partial charge >= 0.3 is 0 Å². The number of nitrogens with zero attached hydrogens (tertiary/aromatic N) is 2. The van der Waals surface area contributed by atoms with Crippen LogP contribution in [0.4, 0.5) is 0 Å². The van der Waals surface area contributed by atoms with Crippen molar-refractivity contribution >= 4 is 0 Å². The van der Waals surface area contributed by atoms with E-state index < -0.39 is 0 Å². The van der Waals surface area contributed by atoms with Crippen molar-refractivity contribution in [3.05, 3.63) is 47.5 Å². The molecule has 0 bridgehead atoms. The number of methoxy groups -OCH3 is 2. The molecule has 2 atom stereocenters. The van der Waals surface area contributed by atoms with Crippen molar-refractivity contribution < 1.29 is 18.9 Å². The van der Waals surface area contributed by atoms with Crippen LogP contribution < -0.4 is 18.9 Å². The van der Waals surface area contributed by atoms with Crippen molar-refractivity contribution in [1.29, 1.82) is 0 Å². The van der Waals surface area contributed by atoms with Gasteiger partial charge in [0.05, 0.1) is 14.2 Å². The first kappa shape index (κ1) is 30.5. The van der Waals surface area contributed by atoms with Crippen molar-refractivity contribution in [2.45, 2.75) is 65.2 Å². The van der Waals surface area contributed by atoms with Crippen molar-refractivity contribution in [1.82, 2.24) is 9.80 Å². The second kappa shape index (κ2) is 16.1. The monoisotopic (exact) mass is 552 g/mol. The maximum atomic E-state index is 6.11. The van der Waals surface area contributed by atoms with Gasteiger partial charge in [0.25, 0.3) is 0 Å². The van der Waals surface area contributed by atoms with Gasteiger partial charge in [-0.15, -0.1) is 0 Å². The smallest absolute Gasteiger partial charge is 0.161 e. The zero-order valence-corrected chi connectivity index (χ0v) is 25.5. The predicted molar refractivity (Wildman–Crippen MR) is 163 cm³/mol. The molecule has 2 heterocycles. The number of ether oxygens (including phenoxy) is 4. The van der Waals surface area contributed by atoms with Crippen molar-refractivity contribution in [2.24, 2.45) is 11.8 Å². The number of hydrogen-bond donors (Lipinski definition) is 0. The standard InChI is InChI=1S/C34H52N2O4/c1-27(23-29-11-13-31(33(25-29)37-3)39-21-19-35-15-7-5-8-16-35)28(2)24-30-12-14-32(34(26-30)38-4)40-22-20-36-17-9-6-10-18-36/h11-14,25-28H,5-10,15-24H2,1-4H3/t27-,28+. The van der Waals surface area contributed by atoms with Crippen LogP contribution in [0.15, 0.2) is 36.4 Å². The average Bonchev–Trinajstić information content (AvgIpc) is 2.99. The first-order valence-electron chi connectivity index (χ1n) is 15.6. The molecule has 0 unspecified atom stereocenters. The van der Waals surface area contributed by atoms with Gasteiger partial charge in [-0.25, -0.2) is 0 Å². The molecule has 2 aromatic rings. The van der Waals surface area contributed by atoms with Gasteiger partial charge in [-0.05, 0) is 112 Å². The number of rotatable bonds is 15. The van der Waals surface area contributed by atoms with E-state index in [4.69, 9.17) is 18.9 Å². The summed E-state index contributed by atoms with van der Waals surface area (Å²) >= 11 is 0. The summed E-state index contributed by atoms with van der Waals surface area (Å²) in [6.07, 6.45) is 9.95. The Bertz CT molecular complexity index is 935. The molecule has 2 fully saturated rings. The molecule has 0 saturated carbocycles. The lowest BCUT2D eigenvalue weighted by molar-refractivity contribution is 0.180. The lowest BCUT2D eigenvalue weighted by atomic mass is 9.85. The molecule has 6 heteroatoms. The summed E-state index contributed by atoms with van der Waals surface area (Å²) in [6, 6.07) is 12.9. The van der Waals surface area contributed by atoms with Crippen LogP contribution >= 0.6 is 0 Å². The quantitative estimate of drug-likeness (QED) is 0.252. The van der Waals surface area contributed by atoms with E-state index in [1.165, 1.54) is 75.8 Å². The first-order valence-corrected chi connectivity index (χ1v) is 15.6. The van der Waals surface area contributed by atoms with E-state index in [1.54, 1.807) is 14.2 Å². The maximum Gasteiger partial charge on any atom is 0.161 e. The Hall–Kier alpha value is -2.44. The molecule has 2 aliphatic rings. The number of benzene rings is 2. The van der Waals surface area contributed by atoms with Gasteiger partial charge in [0, 0.05) is 13.1 Å². The van der Waals surface area contributed by atoms with Gasteiger partial charge < -0.3 is 18.9 Å². The minimum Gasteiger partial charge on any atom is -0.493 e. The van der Waals surface area contributed by atoms with Crippen molar-refractivity contribution in [2.75, 3.05) is 66.7 Å². The Morgan fingerprint density at radius 3 is 1.35 bits per heavy atom. The van der Waals surface area contributed by atoms with Gasteiger partial charge in [-0.1, -0.05) is 38.8 Å². The Morgan fingerprint density at radius 1 is 0.575 bits per heavy atom. The molecule has 222 valence electrons. The molecule has 0 aliphatic carbocycles. The van der Waals surface area contributed by atoms with Gasteiger partial charge in [-0.2, -0.15) is 0 Å². The fraction of sp³-hybridized carbons (Fsp3) is 0.647. The number of hydrogen-bond acceptors (Lipinski definition) is 6. The van der Waals surface area contributed by atoms with E-state index in [-0.39, 0.29) is 0 Å². The van der Waals surface area contributed by atoms with Gasteiger partial charge in [-0.3, -0.25) is 9.80 Å². The molecule has 0 spiro atoms. The summed E-state index contributed by atoms with van der Waals surface area (Å²) in [5, 5.41) is 0. The second-order valence-corrected chi connectivity index (χ2v) is 11.8. The molecule has 0 amide bonds. The maximum absolute atomic E-state index is 6.11. The fourth-order valence-electron chi connectivity index (χ4n) is 6.00. The molecule has 6 nitrogen and oxygen atoms in total. The third-order valence-corrected chi connectivity index (χ3v) is 8.77. The first-order chi connectivity index (χ1) is 19.6. The predicted octanol–water partition coefficient (Wildman–Crippen LogP) is 6.49. The largest absolute Gasteiger partial charge is 0.493 e. The van der Waals surface area contributed by atoms with Crippen LogP contribution in [-0.2, 0) is 12.8 Å². The summed E-state index contributed by atoms with van der Waals surface area (Å²) in [4.78, 5) is 5.00. The minimum absolute atomic E-state index is 0.516. The van der Waals surface area contributed by atoms with E-state index in [1.807, 2.05) is 0 Å². The van der Waals surface area contributed by atoms with E-state index in [0.717, 1.165) is 48.9 Å². The molecular formula is C34H52N2O4. The highest BCUT2D eigenvalue weighted by Crippen LogP contribution is 2.32. The third kappa shape index (κ3) is 9.31. The molecule has 2 aliphatic heterocycles. The fourth-order valence-corrected chi connectivity index (χ4v) is 6.00. The van der Waals surface area contributed by atoms with E-state index in [0.29, 0.717) is 25.0 Å². The summed E-state index contributed by atoms with van der Waals surface area (Å²) in [5.74, 6) is 4.38. The highest BCUT2D eigenvalue weighted by atomic mass is 16.5. The van der Waals surface area contributed by atoms with Crippen LogP contribution in [-0.4, -0.2) is 76.5 Å². The topological polar surface area (TPSA) is 43.4 Å². The number of likely N-dealkylation sites (tertiary alicyclic amines) is 2. The Labute approximate surface area is 242 Å². The average molecular weight is 553 g/mol. The second-order valence-electron chi connectivity index (χ2n) is 11.8. The highest BCUT2D eigenvalue weighted by molar-refractivity contribution is 5.44. The Balaban J connectivity index is 1.25. The molecule has 4 rings (SSSR count). The SMILES string of the molecule is COc1cc(C[C@@H](C)[C@@H](C)Cc2ccc(OCCN3CCCCC3)c(OC)c2)ccc1OCCN1CCCCC1. The highest BCUT2D eigenvalue weighted by Gasteiger charge is 2.17. The van der Waals surface area contributed by atoms with Crippen LogP contribution in [0.2, 0.25) is 0 Å². The summed E-state index contributed by atoms with van der Waals surface area (Å²) < 4.78 is 23.6. The molecule has 0 aromatic heterocycles. The summed E-state index contributed by atoms with van der Waals surface area (Å²) in [7, 11) is 3.47. The lowest BCUT2D eigenvalue weighted by Crippen LogP contribution is -2.33. The van der Waals surface area contributed by atoms with E-state index in [9.17, 15) is 0 Å². The van der Waals surface area contributed by atoms with Crippen molar-refractivity contribution in [3.63, 3.8) is 0 Å². The normalized spacial score (nSPS) is 18.2. The van der Waals surface area contributed by atoms with Crippen LogP contribution in [0.1, 0.15) is 63.5 Å². The Morgan fingerprint density at radius 2 is 0.975 bits per heavy atom. The molecule has 0 N–H and O–H groups in total. The van der Waals surface area contributed by atoms with Crippen molar-refractivity contribution in [3.8, 4) is 23.0 Å². The molecular weight excluding hydrogens is 500 g/mol. The van der Waals surface area contributed by atoms with Gasteiger partial charge in [0.15, 0.2) is 23.0 Å². The molecule has 0 radical (unpaired) electrons. The third-order valence-electron chi connectivity index (χ3n) is 8.77. The Kier molecular flexibility index (Phi) is 12.3. The molecule has 40 heavy (non-hydrogen) atoms. The van der Waals surface area contributed by atoms with Gasteiger partial charge in [0.2, 0.25) is 0 Å². The molecule has 2 aromatic carbocycles. The minimum atomic E-state index is 0.516. The van der Waals surface area contributed by atoms with Crippen LogP contribution in [0, 0.1) is 11.8 Å². The van der Waals surface area contributed by atoms with Crippen LogP contribution in [0.5, 0.6) is 23.0 Å². The van der Waals surface area contributed by atoms with Crippen LogP contribution in [0.3, 0.4) is 0 Å².